The second kappa shape index (κ2) is 8.50. The van der Waals surface area contributed by atoms with Gasteiger partial charge in [0.2, 0.25) is 0 Å². The third-order valence-electron chi connectivity index (χ3n) is 4.70. The van der Waals surface area contributed by atoms with Gasteiger partial charge < -0.3 is 10.1 Å². The van der Waals surface area contributed by atoms with Gasteiger partial charge in [0.15, 0.2) is 0 Å². The van der Waals surface area contributed by atoms with Crippen LogP contribution in [-0.2, 0) is 11.2 Å². The van der Waals surface area contributed by atoms with E-state index in [0.717, 1.165) is 32.1 Å². The highest BCUT2D eigenvalue weighted by molar-refractivity contribution is 5.68. The molecule has 1 amide bonds. The summed E-state index contributed by atoms with van der Waals surface area (Å²) in [6, 6.07) is 10.1. The molecule has 1 saturated carbocycles. The maximum atomic E-state index is 13.4. The molecule has 0 radical (unpaired) electrons. The minimum Gasteiger partial charge on any atom is -0.444 e. The molecule has 1 fully saturated rings. The minimum absolute atomic E-state index is 0.203. The summed E-state index contributed by atoms with van der Waals surface area (Å²) in [5.41, 5.74) is 0.813. The van der Waals surface area contributed by atoms with Gasteiger partial charge in [-0.2, -0.15) is 0 Å². The summed E-state index contributed by atoms with van der Waals surface area (Å²) in [7, 11) is 0. The number of carbonyl (C=O) groups is 1. The van der Waals surface area contributed by atoms with Crippen LogP contribution in [0.3, 0.4) is 0 Å². The van der Waals surface area contributed by atoms with E-state index in [1.54, 1.807) is 0 Å². The Morgan fingerprint density at radius 3 is 2.38 bits per heavy atom. The van der Waals surface area contributed by atoms with Gasteiger partial charge in [-0.1, -0.05) is 30.3 Å². The molecule has 1 aliphatic rings. The lowest BCUT2D eigenvalue weighted by atomic mass is 9.76. The first-order valence-electron chi connectivity index (χ1n) is 8.97. The maximum absolute atomic E-state index is 13.4. The van der Waals surface area contributed by atoms with E-state index in [2.05, 4.69) is 29.6 Å². The van der Waals surface area contributed by atoms with Crippen LogP contribution in [0, 0.1) is 11.8 Å². The molecular weight excluding hydrogens is 305 g/mol. The lowest BCUT2D eigenvalue weighted by Crippen LogP contribution is -2.45. The fourth-order valence-corrected chi connectivity index (χ4v) is 3.48. The van der Waals surface area contributed by atoms with Gasteiger partial charge in [0.05, 0.1) is 6.04 Å². The molecule has 1 aromatic rings. The van der Waals surface area contributed by atoms with Crippen molar-refractivity contribution < 1.29 is 13.9 Å². The zero-order valence-electron chi connectivity index (χ0n) is 15.1. The quantitative estimate of drug-likeness (QED) is 0.831. The predicted molar refractivity (Wildman–Crippen MR) is 94.7 cm³/mol. The number of hydrogen-bond acceptors (Lipinski definition) is 2. The zero-order valence-corrected chi connectivity index (χ0v) is 15.1. The van der Waals surface area contributed by atoms with Crippen molar-refractivity contribution in [3.63, 3.8) is 0 Å². The second-order valence-corrected chi connectivity index (χ2v) is 7.88. The van der Waals surface area contributed by atoms with Crippen LogP contribution in [0.4, 0.5) is 9.18 Å². The summed E-state index contributed by atoms with van der Waals surface area (Å²) < 4.78 is 18.7. The maximum Gasteiger partial charge on any atom is 0.407 e. The van der Waals surface area contributed by atoms with Gasteiger partial charge in [0, 0.05) is 0 Å². The number of alkyl carbamates (subject to hydrolysis) is 1. The van der Waals surface area contributed by atoms with Gasteiger partial charge in [-0.15, -0.1) is 0 Å². The minimum atomic E-state index is -0.557. The second-order valence-electron chi connectivity index (χ2n) is 7.88. The highest BCUT2D eigenvalue weighted by Gasteiger charge is 2.30. The average Bonchev–Trinajstić information content (AvgIpc) is 2.53. The van der Waals surface area contributed by atoms with Crippen molar-refractivity contribution in [2.75, 3.05) is 6.67 Å². The fourth-order valence-electron chi connectivity index (χ4n) is 3.48. The first kappa shape index (κ1) is 18.8. The normalized spacial score (nSPS) is 22.7. The van der Waals surface area contributed by atoms with E-state index in [9.17, 15) is 9.18 Å². The van der Waals surface area contributed by atoms with Crippen LogP contribution in [0.25, 0.3) is 0 Å². The van der Waals surface area contributed by atoms with Gasteiger partial charge in [-0.3, -0.25) is 0 Å². The topological polar surface area (TPSA) is 38.3 Å². The third-order valence-corrected chi connectivity index (χ3v) is 4.70. The summed E-state index contributed by atoms with van der Waals surface area (Å²) in [6.45, 7) is 4.90. The Kier molecular flexibility index (Phi) is 6.64. The van der Waals surface area contributed by atoms with E-state index in [0.29, 0.717) is 5.92 Å². The summed E-state index contributed by atoms with van der Waals surface area (Å²) in [6.07, 6.45) is 4.67. The molecule has 0 spiro atoms. The predicted octanol–water partition coefficient (Wildman–Crippen LogP) is 4.90. The van der Waals surface area contributed by atoms with Gasteiger partial charge in [0.25, 0.3) is 0 Å². The molecule has 1 unspecified atom stereocenters. The lowest BCUT2D eigenvalue weighted by molar-refractivity contribution is 0.0458. The number of amides is 1. The van der Waals surface area contributed by atoms with Crippen LogP contribution in [0.5, 0.6) is 0 Å². The van der Waals surface area contributed by atoms with E-state index < -0.39 is 24.4 Å². The molecule has 0 aliphatic heterocycles. The molecule has 4 heteroatoms. The Bertz CT molecular complexity index is 504. The number of halogens is 1. The molecule has 1 aromatic carbocycles. The largest absolute Gasteiger partial charge is 0.444 e. The van der Waals surface area contributed by atoms with Crippen molar-refractivity contribution in [1.29, 1.82) is 0 Å². The smallest absolute Gasteiger partial charge is 0.407 e. The van der Waals surface area contributed by atoms with Crippen molar-refractivity contribution in [2.45, 2.75) is 64.5 Å². The molecule has 0 heterocycles. The summed E-state index contributed by atoms with van der Waals surface area (Å²) in [4.78, 5) is 11.9. The van der Waals surface area contributed by atoms with Crippen LogP contribution in [0.1, 0.15) is 52.0 Å². The van der Waals surface area contributed by atoms with E-state index in [-0.39, 0.29) is 5.92 Å². The third kappa shape index (κ3) is 6.14. The molecule has 0 bridgehead atoms. The van der Waals surface area contributed by atoms with Crippen molar-refractivity contribution >= 4 is 6.09 Å². The van der Waals surface area contributed by atoms with Gasteiger partial charge >= 0.3 is 6.09 Å². The Morgan fingerprint density at radius 2 is 1.83 bits per heavy atom. The fraction of sp³-hybridized carbons (Fsp3) is 0.650. The highest BCUT2D eigenvalue weighted by atomic mass is 19.1. The van der Waals surface area contributed by atoms with E-state index in [4.69, 9.17) is 4.74 Å². The number of benzene rings is 1. The number of rotatable bonds is 5. The van der Waals surface area contributed by atoms with E-state index >= 15 is 0 Å². The number of nitrogens with one attached hydrogen (secondary N) is 1. The zero-order chi connectivity index (χ0) is 17.6. The van der Waals surface area contributed by atoms with E-state index in [1.807, 2.05) is 26.8 Å². The standard InChI is InChI=1S/C20H30FNO2/c1-20(2,3)24-19(23)22-18(14-21)17-11-9-16(10-12-17)13-15-7-5-4-6-8-15/h4-8,16-18H,9-14H2,1-3H3,(H,22,23). The highest BCUT2D eigenvalue weighted by Crippen LogP contribution is 2.33. The first-order valence-corrected chi connectivity index (χ1v) is 8.97. The lowest BCUT2D eigenvalue weighted by Gasteiger charge is -2.33. The van der Waals surface area contributed by atoms with Crippen molar-refractivity contribution in [2.24, 2.45) is 11.8 Å². The van der Waals surface area contributed by atoms with E-state index in [1.165, 1.54) is 5.56 Å². The number of carbonyl (C=O) groups excluding carboxylic acids is 1. The van der Waals surface area contributed by atoms with Crippen LogP contribution in [-0.4, -0.2) is 24.4 Å². The Labute approximate surface area is 145 Å². The van der Waals surface area contributed by atoms with Crippen molar-refractivity contribution in [1.82, 2.24) is 5.32 Å². The van der Waals surface area contributed by atoms with Gasteiger partial charge in [0.1, 0.15) is 12.3 Å². The summed E-state index contributed by atoms with van der Waals surface area (Å²) in [5, 5.41) is 2.72. The first-order chi connectivity index (χ1) is 11.4. The van der Waals surface area contributed by atoms with Crippen LogP contribution < -0.4 is 5.32 Å². The van der Waals surface area contributed by atoms with Crippen molar-refractivity contribution in [3.05, 3.63) is 35.9 Å². The molecule has 2 rings (SSSR count). The molecule has 0 saturated heterocycles. The monoisotopic (exact) mass is 335 g/mol. The molecule has 1 N–H and O–H groups in total. The molecule has 134 valence electrons. The SMILES string of the molecule is CC(C)(C)OC(=O)NC(CF)C1CCC(Cc2ccccc2)CC1. The molecular formula is C20H30FNO2. The summed E-state index contributed by atoms with van der Waals surface area (Å²) in [5.74, 6) is 0.861. The molecule has 0 aromatic heterocycles. The van der Waals surface area contributed by atoms with Crippen molar-refractivity contribution in [3.8, 4) is 0 Å². The Morgan fingerprint density at radius 1 is 1.21 bits per heavy atom. The molecule has 1 aliphatic carbocycles. The number of alkyl halides is 1. The number of hydrogen-bond donors (Lipinski definition) is 1. The molecule has 3 nitrogen and oxygen atoms in total. The molecule has 24 heavy (non-hydrogen) atoms. The van der Waals surface area contributed by atoms with Crippen LogP contribution in [0.15, 0.2) is 30.3 Å². The van der Waals surface area contributed by atoms with Crippen LogP contribution in [0.2, 0.25) is 0 Å². The summed E-state index contributed by atoms with van der Waals surface area (Å²) >= 11 is 0. The Balaban J connectivity index is 1.80. The Hall–Kier alpha value is -1.58. The number of ether oxygens (including phenoxy) is 1. The van der Waals surface area contributed by atoms with Gasteiger partial charge in [-0.05, 0) is 70.3 Å². The van der Waals surface area contributed by atoms with Gasteiger partial charge in [-0.25, -0.2) is 9.18 Å². The molecule has 1 atom stereocenters. The average molecular weight is 335 g/mol. The van der Waals surface area contributed by atoms with Crippen LogP contribution >= 0.6 is 0 Å².